The van der Waals surface area contributed by atoms with Crippen LogP contribution in [0.4, 0.5) is 4.39 Å². The molecule has 0 radical (unpaired) electrons. The van der Waals surface area contributed by atoms with Gasteiger partial charge < -0.3 is 4.90 Å². The second kappa shape index (κ2) is 8.92. The van der Waals surface area contributed by atoms with E-state index in [1.54, 1.807) is 22.5 Å². The number of hydrogen-bond donors (Lipinski definition) is 0. The monoisotopic (exact) mass is 356 g/mol. The Morgan fingerprint density at radius 3 is 2.38 bits per heavy atom. The lowest BCUT2D eigenvalue weighted by molar-refractivity contribution is 0.260. The van der Waals surface area contributed by atoms with E-state index in [-0.39, 0.29) is 11.3 Å². The smallest absolute Gasteiger partial charge is 0.218 e. The first-order valence-corrected chi connectivity index (χ1v) is 10.4. The van der Waals surface area contributed by atoms with Crippen LogP contribution in [0.1, 0.15) is 37.7 Å². The number of benzene rings is 1. The van der Waals surface area contributed by atoms with Gasteiger partial charge in [0.1, 0.15) is 5.82 Å². The zero-order valence-corrected chi connectivity index (χ0v) is 15.6. The second-order valence-electron chi connectivity index (χ2n) is 7.01. The molecule has 1 saturated carbocycles. The molecule has 0 aliphatic heterocycles. The standard InChI is InChI=1S/C18H29FN2O2S/c1-20(2)12-13-21(14-16-8-4-3-5-9-16)24(22,23)15-17-10-6-7-11-18(17)19/h6-7,10-11,16H,3-5,8-9,12-15H2,1-2H3. The topological polar surface area (TPSA) is 40.6 Å². The molecule has 0 atom stereocenters. The average Bonchev–Trinajstić information content (AvgIpc) is 2.54. The molecule has 136 valence electrons. The molecule has 0 N–H and O–H groups in total. The third-order valence-corrected chi connectivity index (χ3v) is 6.47. The predicted molar refractivity (Wildman–Crippen MR) is 95.7 cm³/mol. The SMILES string of the molecule is CN(C)CCN(CC1CCCCC1)S(=O)(=O)Cc1ccccc1F. The number of rotatable bonds is 8. The van der Waals surface area contributed by atoms with Crippen LogP contribution in [-0.2, 0) is 15.8 Å². The molecule has 24 heavy (non-hydrogen) atoms. The molecule has 0 unspecified atom stereocenters. The summed E-state index contributed by atoms with van der Waals surface area (Å²) in [5, 5.41) is 0. The Morgan fingerprint density at radius 2 is 1.75 bits per heavy atom. The largest absolute Gasteiger partial charge is 0.308 e. The number of nitrogens with zero attached hydrogens (tertiary/aromatic N) is 2. The van der Waals surface area contributed by atoms with Crippen LogP contribution in [0.3, 0.4) is 0 Å². The summed E-state index contributed by atoms with van der Waals surface area (Å²) in [7, 11) is 0.339. The molecule has 0 saturated heterocycles. The molecular weight excluding hydrogens is 327 g/mol. The van der Waals surface area contributed by atoms with Gasteiger partial charge in [-0.15, -0.1) is 0 Å². The van der Waals surface area contributed by atoms with Crippen molar-refractivity contribution in [3.63, 3.8) is 0 Å². The lowest BCUT2D eigenvalue weighted by Gasteiger charge is -2.30. The fourth-order valence-corrected chi connectivity index (χ4v) is 4.82. The van der Waals surface area contributed by atoms with Gasteiger partial charge in [-0.2, -0.15) is 0 Å². The van der Waals surface area contributed by atoms with Crippen molar-refractivity contribution in [2.75, 3.05) is 33.7 Å². The van der Waals surface area contributed by atoms with Crippen LogP contribution in [0.25, 0.3) is 0 Å². The molecule has 0 bridgehead atoms. The van der Waals surface area contributed by atoms with Gasteiger partial charge in [-0.05, 0) is 38.9 Å². The molecule has 1 aromatic rings. The Kier molecular flexibility index (Phi) is 7.19. The van der Waals surface area contributed by atoms with Crippen molar-refractivity contribution in [2.45, 2.75) is 37.9 Å². The molecule has 1 aromatic carbocycles. The molecule has 1 aliphatic rings. The number of hydrogen-bond acceptors (Lipinski definition) is 3. The van der Waals surface area contributed by atoms with E-state index in [1.807, 2.05) is 19.0 Å². The van der Waals surface area contributed by atoms with Crippen molar-refractivity contribution in [3.05, 3.63) is 35.6 Å². The zero-order chi connectivity index (χ0) is 17.6. The second-order valence-corrected chi connectivity index (χ2v) is 8.98. The lowest BCUT2D eigenvalue weighted by Crippen LogP contribution is -2.40. The zero-order valence-electron chi connectivity index (χ0n) is 14.7. The Balaban J connectivity index is 2.11. The summed E-state index contributed by atoms with van der Waals surface area (Å²) in [5.41, 5.74) is 0.246. The van der Waals surface area contributed by atoms with E-state index in [1.165, 1.54) is 25.3 Å². The van der Waals surface area contributed by atoms with Crippen LogP contribution >= 0.6 is 0 Å². The van der Waals surface area contributed by atoms with Crippen LogP contribution in [0.2, 0.25) is 0 Å². The number of sulfonamides is 1. The molecular formula is C18H29FN2O2S. The van der Waals surface area contributed by atoms with Crippen LogP contribution in [-0.4, -0.2) is 51.4 Å². The van der Waals surface area contributed by atoms with Crippen LogP contribution in [0.5, 0.6) is 0 Å². The van der Waals surface area contributed by atoms with Gasteiger partial charge in [0, 0.05) is 25.2 Å². The summed E-state index contributed by atoms with van der Waals surface area (Å²) in [5.74, 6) is -0.289. The summed E-state index contributed by atoms with van der Waals surface area (Å²) in [6.45, 7) is 1.69. The van der Waals surface area contributed by atoms with Crippen LogP contribution in [0.15, 0.2) is 24.3 Å². The summed E-state index contributed by atoms with van der Waals surface area (Å²) in [6, 6.07) is 6.13. The minimum atomic E-state index is -3.53. The maximum atomic E-state index is 13.9. The number of likely N-dealkylation sites (N-methyl/N-ethyl adjacent to an activating group) is 1. The Labute approximate surface area is 145 Å². The fourth-order valence-electron chi connectivity index (χ4n) is 3.22. The maximum Gasteiger partial charge on any atom is 0.218 e. The van der Waals surface area contributed by atoms with E-state index in [0.29, 0.717) is 25.6 Å². The molecule has 1 fully saturated rings. The Bertz CT molecular complexity index is 613. The van der Waals surface area contributed by atoms with Crippen molar-refractivity contribution >= 4 is 10.0 Å². The lowest BCUT2D eigenvalue weighted by atomic mass is 9.89. The highest BCUT2D eigenvalue weighted by Gasteiger charge is 2.27. The molecule has 1 aliphatic carbocycles. The third kappa shape index (κ3) is 5.83. The third-order valence-electron chi connectivity index (χ3n) is 4.67. The minimum Gasteiger partial charge on any atom is -0.308 e. The van der Waals surface area contributed by atoms with Gasteiger partial charge in [0.2, 0.25) is 10.0 Å². The van der Waals surface area contributed by atoms with Gasteiger partial charge in [0.05, 0.1) is 5.75 Å². The predicted octanol–water partition coefficient (Wildman–Crippen LogP) is 3.10. The summed E-state index contributed by atoms with van der Waals surface area (Å²) < 4.78 is 41.2. The molecule has 6 heteroatoms. The van der Waals surface area contributed by atoms with Crippen molar-refractivity contribution in [3.8, 4) is 0 Å². The van der Waals surface area contributed by atoms with E-state index in [2.05, 4.69) is 0 Å². The summed E-state index contributed by atoms with van der Waals surface area (Å²) in [4.78, 5) is 1.98. The van der Waals surface area contributed by atoms with Crippen molar-refractivity contribution in [1.82, 2.24) is 9.21 Å². The normalized spacial score (nSPS) is 16.9. The van der Waals surface area contributed by atoms with Gasteiger partial charge in [-0.25, -0.2) is 17.1 Å². The van der Waals surface area contributed by atoms with Crippen molar-refractivity contribution < 1.29 is 12.8 Å². The quantitative estimate of drug-likeness (QED) is 0.719. The van der Waals surface area contributed by atoms with Gasteiger partial charge >= 0.3 is 0 Å². The van der Waals surface area contributed by atoms with E-state index in [0.717, 1.165) is 12.8 Å². The first-order valence-electron chi connectivity index (χ1n) is 8.74. The summed E-state index contributed by atoms with van der Waals surface area (Å²) >= 11 is 0. The molecule has 0 amide bonds. The van der Waals surface area contributed by atoms with Gasteiger partial charge in [0.25, 0.3) is 0 Å². The maximum absolute atomic E-state index is 13.9. The van der Waals surface area contributed by atoms with Gasteiger partial charge in [-0.3, -0.25) is 0 Å². The van der Waals surface area contributed by atoms with E-state index in [9.17, 15) is 12.8 Å². The molecule has 2 rings (SSSR count). The fraction of sp³-hybridized carbons (Fsp3) is 0.667. The Hall–Kier alpha value is -0.980. The average molecular weight is 357 g/mol. The molecule has 4 nitrogen and oxygen atoms in total. The highest BCUT2D eigenvalue weighted by molar-refractivity contribution is 7.88. The number of halogens is 1. The first-order chi connectivity index (χ1) is 11.4. The first kappa shape index (κ1) is 19.3. The van der Waals surface area contributed by atoms with Gasteiger partial charge in [0.15, 0.2) is 0 Å². The Morgan fingerprint density at radius 1 is 1.08 bits per heavy atom. The molecule has 0 heterocycles. The highest BCUT2D eigenvalue weighted by Crippen LogP contribution is 2.26. The minimum absolute atomic E-state index is 0.246. The molecule has 0 spiro atoms. The highest BCUT2D eigenvalue weighted by atomic mass is 32.2. The molecule has 0 aromatic heterocycles. The summed E-state index contributed by atoms with van der Waals surface area (Å²) in [6.07, 6.45) is 5.79. The van der Waals surface area contributed by atoms with Crippen molar-refractivity contribution in [1.29, 1.82) is 0 Å². The van der Waals surface area contributed by atoms with Gasteiger partial charge in [-0.1, -0.05) is 37.5 Å². The van der Waals surface area contributed by atoms with E-state index >= 15 is 0 Å². The van der Waals surface area contributed by atoms with Crippen LogP contribution in [0, 0.1) is 11.7 Å². The van der Waals surface area contributed by atoms with Crippen molar-refractivity contribution in [2.24, 2.45) is 5.92 Å². The van der Waals surface area contributed by atoms with E-state index < -0.39 is 15.8 Å². The van der Waals surface area contributed by atoms with Crippen LogP contribution < -0.4 is 0 Å². The van der Waals surface area contributed by atoms with E-state index in [4.69, 9.17) is 0 Å².